The maximum Gasteiger partial charge on any atom is 0.118 e. The highest BCUT2D eigenvalue weighted by Gasteiger charge is 2.16. The molecule has 0 aliphatic carbocycles. The first-order valence-electron chi connectivity index (χ1n) is 8.09. The fraction of sp³-hybridized carbons (Fsp3) is 0.250. The average Bonchev–Trinajstić information content (AvgIpc) is 3.06. The second kappa shape index (κ2) is 7.54. The van der Waals surface area contributed by atoms with Gasteiger partial charge in [-0.3, -0.25) is 0 Å². The van der Waals surface area contributed by atoms with Crippen LogP contribution in [-0.4, -0.2) is 16.7 Å². The van der Waals surface area contributed by atoms with E-state index in [4.69, 9.17) is 16.3 Å². The molecule has 4 heteroatoms. The lowest BCUT2D eigenvalue weighted by atomic mass is 9.93. The Bertz CT molecular complexity index is 778. The summed E-state index contributed by atoms with van der Waals surface area (Å²) < 4.78 is 7.43. The Morgan fingerprint density at radius 2 is 1.79 bits per heavy atom. The molecule has 3 rings (SSSR count). The minimum atomic E-state index is 0.308. The molecule has 0 saturated heterocycles. The SMILES string of the molecule is CCC(c1ccc(Cl)cc1)c1cncn1Cc1ccc(OC)cc1. The zero-order valence-corrected chi connectivity index (χ0v) is 14.7. The van der Waals surface area contributed by atoms with Gasteiger partial charge in [0.15, 0.2) is 0 Å². The zero-order chi connectivity index (χ0) is 16.9. The largest absolute Gasteiger partial charge is 0.497 e. The Labute approximate surface area is 147 Å². The smallest absolute Gasteiger partial charge is 0.118 e. The van der Waals surface area contributed by atoms with Crippen molar-refractivity contribution in [3.8, 4) is 5.75 Å². The highest BCUT2D eigenvalue weighted by molar-refractivity contribution is 6.30. The number of benzene rings is 2. The third kappa shape index (κ3) is 3.62. The third-order valence-corrected chi connectivity index (χ3v) is 4.55. The van der Waals surface area contributed by atoms with Gasteiger partial charge in [-0.2, -0.15) is 0 Å². The van der Waals surface area contributed by atoms with Gasteiger partial charge >= 0.3 is 0 Å². The van der Waals surface area contributed by atoms with E-state index in [1.807, 2.05) is 36.8 Å². The molecule has 0 fully saturated rings. The van der Waals surface area contributed by atoms with Crippen molar-refractivity contribution in [2.24, 2.45) is 0 Å². The second-order valence-corrected chi connectivity index (χ2v) is 6.24. The number of methoxy groups -OCH3 is 1. The van der Waals surface area contributed by atoms with Gasteiger partial charge < -0.3 is 9.30 Å². The van der Waals surface area contributed by atoms with E-state index >= 15 is 0 Å². The summed E-state index contributed by atoms with van der Waals surface area (Å²) in [5.41, 5.74) is 3.70. The van der Waals surface area contributed by atoms with Gasteiger partial charge in [0.2, 0.25) is 0 Å². The van der Waals surface area contributed by atoms with Gasteiger partial charge in [-0.05, 0) is 41.8 Å². The lowest BCUT2D eigenvalue weighted by Crippen LogP contribution is -2.09. The number of aromatic nitrogens is 2. The van der Waals surface area contributed by atoms with E-state index in [9.17, 15) is 0 Å². The summed E-state index contributed by atoms with van der Waals surface area (Å²) in [7, 11) is 1.68. The Morgan fingerprint density at radius 1 is 1.08 bits per heavy atom. The van der Waals surface area contributed by atoms with E-state index in [0.717, 1.165) is 23.7 Å². The Morgan fingerprint density at radius 3 is 2.42 bits per heavy atom. The molecule has 0 bridgehead atoms. The van der Waals surface area contributed by atoms with Gasteiger partial charge in [0.25, 0.3) is 0 Å². The molecule has 0 radical (unpaired) electrons. The van der Waals surface area contributed by atoms with Crippen LogP contribution in [0.15, 0.2) is 61.1 Å². The van der Waals surface area contributed by atoms with Crippen LogP contribution < -0.4 is 4.74 Å². The quantitative estimate of drug-likeness (QED) is 0.621. The molecule has 1 atom stereocenters. The molecule has 3 aromatic rings. The van der Waals surface area contributed by atoms with Crippen LogP contribution in [0.5, 0.6) is 5.75 Å². The first-order chi connectivity index (χ1) is 11.7. The van der Waals surface area contributed by atoms with Gasteiger partial charge in [0.1, 0.15) is 5.75 Å². The van der Waals surface area contributed by atoms with Crippen LogP contribution in [0.4, 0.5) is 0 Å². The maximum absolute atomic E-state index is 6.02. The number of rotatable bonds is 6. The van der Waals surface area contributed by atoms with Gasteiger partial charge in [0, 0.05) is 29.4 Å². The summed E-state index contributed by atoms with van der Waals surface area (Å²) in [5, 5.41) is 0.764. The van der Waals surface area contributed by atoms with Gasteiger partial charge in [-0.15, -0.1) is 0 Å². The average molecular weight is 341 g/mol. The number of hydrogen-bond acceptors (Lipinski definition) is 2. The van der Waals surface area contributed by atoms with Gasteiger partial charge in [0.05, 0.1) is 13.4 Å². The molecule has 0 aliphatic rings. The van der Waals surface area contributed by atoms with Crippen LogP contribution in [0.25, 0.3) is 0 Å². The van der Waals surface area contributed by atoms with Crippen LogP contribution in [0.1, 0.15) is 36.1 Å². The molecule has 0 spiro atoms. The molecular weight excluding hydrogens is 320 g/mol. The van der Waals surface area contributed by atoms with Crippen molar-refractivity contribution < 1.29 is 4.74 Å². The van der Waals surface area contributed by atoms with Crippen molar-refractivity contribution in [2.75, 3.05) is 7.11 Å². The van der Waals surface area contributed by atoms with Crippen LogP contribution in [0.2, 0.25) is 5.02 Å². The van der Waals surface area contributed by atoms with E-state index in [0.29, 0.717) is 5.92 Å². The van der Waals surface area contributed by atoms with Gasteiger partial charge in [-0.25, -0.2) is 4.98 Å². The number of imidazole rings is 1. The van der Waals surface area contributed by atoms with Crippen molar-refractivity contribution in [1.82, 2.24) is 9.55 Å². The highest BCUT2D eigenvalue weighted by atomic mass is 35.5. The lowest BCUT2D eigenvalue weighted by Gasteiger charge is -2.18. The van der Waals surface area contributed by atoms with E-state index in [1.165, 1.54) is 16.8 Å². The fourth-order valence-corrected chi connectivity index (χ4v) is 3.12. The van der Waals surface area contributed by atoms with Crippen LogP contribution >= 0.6 is 11.6 Å². The normalized spacial score (nSPS) is 12.1. The van der Waals surface area contributed by atoms with Gasteiger partial charge in [-0.1, -0.05) is 42.8 Å². The van der Waals surface area contributed by atoms with Crippen LogP contribution in [0, 0.1) is 0 Å². The first kappa shape index (κ1) is 16.6. The van der Waals surface area contributed by atoms with E-state index in [2.05, 4.69) is 40.7 Å². The van der Waals surface area contributed by atoms with E-state index in [-0.39, 0.29) is 0 Å². The van der Waals surface area contributed by atoms with E-state index < -0.39 is 0 Å². The summed E-state index contributed by atoms with van der Waals surface area (Å²) in [6.45, 7) is 2.99. The number of ether oxygens (including phenoxy) is 1. The molecule has 0 amide bonds. The van der Waals surface area contributed by atoms with Crippen molar-refractivity contribution in [3.63, 3.8) is 0 Å². The minimum absolute atomic E-state index is 0.308. The van der Waals surface area contributed by atoms with E-state index in [1.54, 1.807) is 7.11 Å². The van der Waals surface area contributed by atoms with Crippen molar-refractivity contribution in [3.05, 3.63) is 82.9 Å². The molecule has 2 aromatic carbocycles. The summed E-state index contributed by atoms with van der Waals surface area (Å²) in [5.74, 6) is 1.18. The molecule has 1 heterocycles. The Hall–Kier alpha value is -2.26. The molecule has 0 N–H and O–H groups in total. The third-order valence-electron chi connectivity index (χ3n) is 4.29. The minimum Gasteiger partial charge on any atom is -0.497 e. The number of halogens is 1. The zero-order valence-electron chi connectivity index (χ0n) is 13.9. The molecule has 0 aliphatic heterocycles. The topological polar surface area (TPSA) is 27.1 Å². The standard InChI is InChI=1S/C20H21ClN2O/c1-3-19(16-6-8-17(21)9-7-16)20-12-22-14-23(20)13-15-4-10-18(24-2)11-5-15/h4-12,14,19H,3,13H2,1-2H3. The first-order valence-corrected chi connectivity index (χ1v) is 8.47. The van der Waals surface area contributed by atoms with Crippen molar-refractivity contribution in [1.29, 1.82) is 0 Å². The predicted octanol–water partition coefficient (Wildman–Crippen LogP) is 5.14. The second-order valence-electron chi connectivity index (χ2n) is 5.81. The molecule has 1 aromatic heterocycles. The summed E-state index contributed by atoms with van der Waals surface area (Å²) in [6.07, 6.45) is 4.88. The molecule has 124 valence electrons. The summed E-state index contributed by atoms with van der Waals surface area (Å²) in [6, 6.07) is 16.2. The van der Waals surface area contributed by atoms with Crippen LogP contribution in [0.3, 0.4) is 0 Å². The number of nitrogens with zero attached hydrogens (tertiary/aromatic N) is 2. The maximum atomic E-state index is 6.02. The molecule has 0 saturated carbocycles. The summed E-state index contributed by atoms with van der Waals surface area (Å²) >= 11 is 6.02. The number of hydrogen-bond donors (Lipinski definition) is 0. The molecular formula is C20H21ClN2O. The van der Waals surface area contributed by atoms with Crippen molar-refractivity contribution in [2.45, 2.75) is 25.8 Å². The fourth-order valence-electron chi connectivity index (χ4n) is 2.99. The highest BCUT2D eigenvalue weighted by Crippen LogP contribution is 2.29. The van der Waals surface area contributed by atoms with Crippen molar-refractivity contribution >= 4 is 11.6 Å². The molecule has 24 heavy (non-hydrogen) atoms. The monoisotopic (exact) mass is 340 g/mol. The lowest BCUT2D eigenvalue weighted by molar-refractivity contribution is 0.414. The summed E-state index contributed by atoms with van der Waals surface area (Å²) in [4.78, 5) is 4.38. The Kier molecular flexibility index (Phi) is 5.21. The molecule has 1 unspecified atom stereocenters. The molecule has 3 nitrogen and oxygen atoms in total. The Balaban J connectivity index is 1.86. The van der Waals surface area contributed by atoms with Crippen LogP contribution in [-0.2, 0) is 6.54 Å². The predicted molar refractivity (Wildman–Crippen MR) is 97.9 cm³/mol.